The number of aryl methyl sites for hydroxylation is 1. The first-order valence-corrected chi connectivity index (χ1v) is 10.9. The predicted molar refractivity (Wildman–Crippen MR) is 116 cm³/mol. The lowest BCUT2D eigenvalue weighted by molar-refractivity contribution is 0.0219. The molecule has 1 saturated carbocycles. The molecule has 1 amide bonds. The van der Waals surface area contributed by atoms with Crippen LogP contribution in [0.5, 0.6) is 0 Å². The van der Waals surface area contributed by atoms with Crippen LogP contribution < -0.4 is 5.56 Å². The lowest BCUT2D eigenvalue weighted by Crippen LogP contribution is -2.43. The second-order valence-corrected chi connectivity index (χ2v) is 9.52. The number of aromatic nitrogens is 2. The topological polar surface area (TPSA) is 64.4 Å². The highest BCUT2D eigenvalue weighted by Gasteiger charge is 2.32. The van der Waals surface area contributed by atoms with E-state index in [4.69, 9.17) is 9.72 Å². The second kappa shape index (κ2) is 7.89. The molecule has 0 bridgehead atoms. The molecule has 2 aromatic rings. The molecule has 1 aromatic heterocycles. The Kier molecular flexibility index (Phi) is 5.43. The van der Waals surface area contributed by atoms with E-state index in [9.17, 15) is 9.59 Å². The van der Waals surface area contributed by atoms with Crippen molar-refractivity contribution in [3.8, 4) is 0 Å². The molecule has 2 aliphatic rings. The van der Waals surface area contributed by atoms with Gasteiger partial charge in [0.2, 0.25) is 0 Å². The summed E-state index contributed by atoms with van der Waals surface area (Å²) in [6.45, 7) is 8.26. The number of nitrogens with zero attached hydrogens (tertiary/aromatic N) is 3. The molecule has 1 fully saturated rings. The number of benzene rings is 1. The first-order chi connectivity index (χ1) is 14.2. The van der Waals surface area contributed by atoms with Gasteiger partial charge in [0.05, 0.1) is 18.3 Å². The van der Waals surface area contributed by atoms with Crippen LogP contribution in [0.2, 0.25) is 0 Å². The van der Waals surface area contributed by atoms with Gasteiger partial charge in [0, 0.05) is 12.1 Å². The Bertz CT molecular complexity index is 987. The van der Waals surface area contributed by atoms with Gasteiger partial charge in [-0.25, -0.2) is 9.78 Å². The molecule has 0 saturated heterocycles. The minimum Gasteiger partial charge on any atom is -0.444 e. The monoisotopic (exact) mass is 409 g/mol. The van der Waals surface area contributed by atoms with Crippen molar-refractivity contribution in [3.63, 3.8) is 0 Å². The average Bonchev–Trinajstić information content (AvgIpc) is 3.50. The molecular weight excluding hydrogens is 378 g/mol. The third kappa shape index (κ3) is 4.42. The SMILES string of the molecule is Cc1nc2c(c(=O)n1C(CC1CC1)c1ccccc1)CCN(C(=O)OC(C)(C)C)C2. The fraction of sp³-hybridized carbons (Fsp3) is 0.542. The summed E-state index contributed by atoms with van der Waals surface area (Å²) in [5.41, 5.74) is 2.08. The highest BCUT2D eigenvalue weighted by atomic mass is 16.6. The average molecular weight is 410 g/mol. The van der Waals surface area contributed by atoms with E-state index >= 15 is 0 Å². The highest BCUT2D eigenvalue weighted by Crippen LogP contribution is 2.39. The summed E-state index contributed by atoms with van der Waals surface area (Å²) in [7, 11) is 0. The number of carbonyl (C=O) groups is 1. The fourth-order valence-electron chi connectivity index (χ4n) is 4.21. The number of hydrogen-bond donors (Lipinski definition) is 0. The van der Waals surface area contributed by atoms with Crippen molar-refractivity contribution in [1.82, 2.24) is 14.5 Å². The lowest BCUT2D eigenvalue weighted by atomic mass is 9.99. The molecule has 1 unspecified atom stereocenters. The van der Waals surface area contributed by atoms with Gasteiger partial charge in [-0.05, 0) is 52.0 Å². The maximum absolute atomic E-state index is 13.5. The largest absolute Gasteiger partial charge is 0.444 e. The van der Waals surface area contributed by atoms with Crippen molar-refractivity contribution in [3.05, 3.63) is 63.3 Å². The van der Waals surface area contributed by atoms with Crippen LogP contribution in [0.3, 0.4) is 0 Å². The molecule has 1 atom stereocenters. The highest BCUT2D eigenvalue weighted by molar-refractivity contribution is 5.68. The molecule has 0 radical (unpaired) electrons. The van der Waals surface area contributed by atoms with Gasteiger partial charge in [-0.15, -0.1) is 0 Å². The molecular formula is C24H31N3O3. The molecule has 4 rings (SSSR count). The summed E-state index contributed by atoms with van der Waals surface area (Å²) in [5, 5.41) is 0. The number of hydrogen-bond acceptors (Lipinski definition) is 4. The molecule has 6 nitrogen and oxygen atoms in total. The van der Waals surface area contributed by atoms with Gasteiger partial charge in [0.15, 0.2) is 0 Å². The van der Waals surface area contributed by atoms with Crippen LogP contribution in [0.25, 0.3) is 0 Å². The maximum Gasteiger partial charge on any atom is 0.410 e. The van der Waals surface area contributed by atoms with Crippen LogP contribution in [-0.4, -0.2) is 32.7 Å². The van der Waals surface area contributed by atoms with Gasteiger partial charge in [-0.3, -0.25) is 9.36 Å². The van der Waals surface area contributed by atoms with Crippen LogP contribution in [-0.2, 0) is 17.7 Å². The number of rotatable bonds is 4. The quantitative estimate of drug-likeness (QED) is 0.758. The normalized spacial score (nSPS) is 17.4. The van der Waals surface area contributed by atoms with Gasteiger partial charge >= 0.3 is 6.09 Å². The van der Waals surface area contributed by atoms with Crippen LogP contribution in [0.15, 0.2) is 35.1 Å². The molecule has 30 heavy (non-hydrogen) atoms. The van der Waals surface area contributed by atoms with Crippen LogP contribution in [0.4, 0.5) is 4.79 Å². The minimum absolute atomic E-state index is 0.00730. The van der Waals surface area contributed by atoms with E-state index in [2.05, 4.69) is 12.1 Å². The molecule has 1 aliphatic carbocycles. The minimum atomic E-state index is -0.546. The molecule has 0 N–H and O–H groups in total. The second-order valence-electron chi connectivity index (χ2n) is 9.52. The summed E-state index contributed by atoms with van der Waals surface area (Å²) in [5.74, 6) is 1.39. The first-order valence-electron chi connectivity index (χ1n) is 10.9. The third-order valence-corrected chi connectivity index (χ3v) is 5.84. The van der Waals surface area contributed by atoms with E-state index in [1.165, 1.54) is 12.8 Å². The molecule has 1 aliphatic heterocycles. The Hall–Kier alpha value is -2.63. The summed E-state index contributed by atoms with van der Waals surface area (Å²) in [4.78, 5) is 32.5. The van der Waals surface area contributed by atoms with E-state index < -0.39 is 5.60 Å². The summed E-state index contributed by atoms with van der Waals surface area (Å²) < 4.78 is 7.38. The third-order valence-electron chi connectivity index (χ3n) is 5.84. The van der Waals surface area contributed by atoms with E-state index in [0.29, 0.717) is 36.9 Å². The molecule has 6 heteroatoms. The molecule has 1 aromatic carbocycles. The smallest absolute Gasteiger partial charge is 0.410 e. The van der Waals surface area contributed by atoms with Gasteiger partial charge in [0.1, 0.15) is 11.4 Å². The standard InChI is InChI=1S/C24H31N3O3/c1-16-25-20-15-26(23(29)30-24(2,3)4)13-12-19(20)22(28)27(16)21(14-17-10-11-17)18-8-6-5-7-9-18/h5-9,17,21H,10-15H2,1-4H3. The molecule has 160 valence electrons. The Labute approximate surface area is 177 Å². The zero-order chi connectivity index (χ0) is 21.5. The number of amides is 1. The predicted octanol–water partition coefficient (Wildman–Crippen LogP) is 4.23. The van der Waals surface area contributed by atoms with E-state index in [1.54, 1.807) is 4.90 Å². The number of fused-ring (bicyclic) bond motifs is 1. The zero-order valence-corrected chi connectivity index (χ0v) is 18.4. The van der Waals surface area contributed by atoms with Gasteiger partial charge in [-0.1, -0.05) is 43.2 Å². The van der Waals surface area contributed by atoms with E-state index in [0.717, 1.165) is 17.5 Å². The van der Waals surface area contributed by atoms with Gasteiger partial charge in [-0.2, -0.15) is 0 Å². The first kappa shape index (κ1) is 20.6. The number of carbonyl (C=O) groups excluding carboxylic acids is 1. The van der Waals surface area contributed by atoms with Crippen LogP contribution >= 0.6 is 0 Å². The lowest BCUT2D eigenvalue weighted by Gasteiger charge is -2.31. The Balaban J connectivity index is 1.66. The van der Waals surface area contributed by atoms with Crippen molar-refractivity contribution < 1.29 is 9.53 Å². The maximum atomic E-state index is 13.5. The van der Waals surface area contributed by atoms with Gasteiger partial charge in [0.25, 0.3) is 5.56 Å². The Morgan fingerprint density at radius 3 is 2.57 bits per heavy atom. The van der Waals surface area contributed by atoms with Gasteiger partial charge < -0.3 is 9.64 Å². The zero-order valence-electron chi connectivity index (χ0n) is 18.4. The summed E-state index contributed by atoms with van der Waals surface area (Å²) in [6, 6.07) is 10.3. The molecule has 0 spiro atoms. The van der Waals surface area contributed by atoms with Crippen LogP contribution in [0, 0.1) is 12.8 Å². The van der Waals surface area contributed by atoms with Crippen molar-refractivity contribution in [1.29, 1.82) is 0 Å². The molecule has 2 heterocycles. The van der Waals surface area contributed by atoms with Crippen molar-refractivity contribution in [2.45, 2.75) is 71.6 Å². The Morgan fingerprint density at radius 2 is 1.93 bits per heavy atom. The summed E-state index contributed by atoms with van der Waals surface area (Å²) >= 11 is 0. The van der Waals surface area contributed by atoms with Crippen molar-refractivity contribution >= 4 is 6.09 Å². The van der Waals surface area contributed by atoms with Crippen molar-refractivity contribution in [2.75, 3.05) is 6.54 Å². The van der Waals surface area contributed by atoms with Crippen LogP contribution in [0.1, 0.15) is 68.7 Å². The summed E-state index contributed by atoms with van der Waals surface area (Å²) in [6.07, 6.45) is 3.59. The van der Waals surface area contributed by atoms with E-state index in [-0.39, 0.29) is 17.7 Å². The van der Waals surface area contributed by atoms with E-state index in [1.807, 2.05) is 50.5 Å². The Morgan fingerprint density at radius 1 is 1.23 bits per heavy atom. The number of ether oxygens (including phenoxy) is 1. The van der Waals surface area contributed by atoms with Crippen molar-refractivity contribution in [2.24, 2.45) is 5.92 Å². The fourth-order valence-corrected chi connectivity index (χ4v) is 4.21.